The van der Waals surface area contributed by atoms with E-state index >= 15 is 0 Å². The standard InChI is InChI=1S/C10H15NO.C9H12O.C2H2/c1-9-3-5-10(6-4-9)12-8-2-7-11;1-2-10-8-9-6-4-3-5-7-9;1-2/h3-6H,2,7-8,11H2,1H3;3-7H,2,8H2,1H3;1-2H. The first kappa shape index (κ1) is 21.7. The van der Waals surface area contributed by atoms with Crippen LogP contribution in [0, 0.1) is 19.8 Å². The van der Waals surface area contributed by atoms with E-state index in [9.17, 15) is 0 Å². The van der Waals surface area contributed by atoms with Crippen LogP contribution in [0.2, 0.25) is 0 Å². The normalized spacial score (nSPS) is 9.04. The monoisotopic (exact) mass is 327 g/mol. The number of rotatable bonds is 7. The number of aryl methyl sites for hydroxylation is 1. The summed E-state index contributed by atoms with van der Waals surface area (Å²) < 4.78 is 10.6. The second-order valence-corrected chi connectivity index (χ2v) is 4.93. The van der Waals surface area contributed by atoms with E-state index in [1.54, 1.807) is 0 Å². The van der Waals surface area contributed by atoms with Gasteiger partial charge in [0.15, 0.2) is 0 Å². The molecule has 0 heterocycles. The van der Waals surface area contributed by atoms with Crippen molar-refractivity contribution in [1.82, 2.24) is 0 Å². The zero-order valence-electron chi connectivity index (χ0n) is 14.8. The Balaban J connectivity index is 0.000000405. The summed E-state index contributed by atoms with van der Waals surface area (Å²) in [6, 6.07) is 18.2. The fraction of sp³-hybridized carbons (Fsp3) is 0.333. The molecule has 0 atom stereocenters. The highest BCUT2D eigenvalue weighted by Gasteiger charge is 1.91. The molecule has 2 N–H and O–H groups in total. The van der Waals surface area contributed by atoms with Gasteiger partial charge in [-0.1, -0.05) is 48.0 Å². The Labute approximate surface area is 146 Å². The van der Waals surface area contributed by atoms with Gasteiger partial charge in [-0.3, -0.25) is 0 Å². The minimum absolute atomic E-state index is 0.686. The number of terminal acetylenes is 1. The Morgan fingerprint density at radius 1 is 0.958 bits per heavy atom. The molecule has 0 aliphatic rings. The summed E-state index contributed by atoms with van der Waals surface area (Å²) in [4.78, 5) is 0. The first-order chi connectivity index (χ1) is 11.8. The van der Waals surface area contributed by atoms with Crippen molar-refractivity contribution in [2.75, 3.05) is 19.8 Å². The van der Waals surface area contributed by atoms with Gasteiger partial charge < -0.3 is 15.2 Å². The maximum Gasteiger partial charge on any atom is 0.119 e. The van der Waals surface area contributed by atoms with Gasteiger partial charge in [-0.25, -0.2) is 0 Å². The summed E-state index contributed by atoms with van der Waals surface area (Å²) in [6.45, 7) is 6.98. The fourth-order valence-corrected chi connectivity index (χ4v) is 1.70. The largest absolute Gasteiger partial charge is 0.494 e. The van der Waals surface area contributed by atoms with E-state index in [-0.39, 0.29) is 0 Å². The molecule has 0 spiro atoms. The van der Waals surface area contributed by atoms with Gasteiger partial charge in [-0.15, -0.1) is 12.8 Å². The minimum atomic E-state index is 0.686. The molecule has 0 fully saturated rings. The van der Waals surface area contributed by atoms with Crippen LogP contribution in [0.4, 0.5) is 0 Å². The van der Waals surface area contributed by atoms with Crippen molar-refractivity contribution >= 4 is 0 Å². The number of ether oxygens (including phenoxy) is 2. The molecule has 0 aliphatic carbocycles. The second kappa shape index (κ2) is 15.6. The maximum absolute atomic E-state index is 5.42. The average Bonchev–Trinajstić information content (AvgIpc) is 2.65. The van der Waals surface area contributed by atoms with E-state index in [4.69, 9.17) is 15.2 Å². The first-order valence-electron chi connectivity index (χ1n) is 8.10. The highest BCUT2D eigenvalue weighted by molar-refractivity contribution is 5.26. The lowest BCUT2D eigenvalue weighted by Crippen LogP contribution is -2.05. The fourth-order valence-electron chi connectivity index (χ4n) is 1.70. The Morgan fingerprint density at radius 2 is 1.58 bits per heavy atom. The van der Waals surface area contributed by atoms with Gasteiger partial charge in [0, 0.05) is 6.61 Å². The molecular formula is C21H29NO2. The molecular weight excluding hydrogens is 298 g/mol. The van der Waals surface area contributed by atoms with Gasteiger partial charge in [0.25, 0.3) is 0 Å². The van der Waals surface area contributed by atoms with E-state index in [0.717, 1.165) is 25.4 Å². The molecule has 2 aromatic rings. The summed E-state index contributed by atoms with van der Waals surface area (Å²) in [5.74, 6) is 0.925. The molecule has 0 bridgehead atoms. The van der Waals surface area contributed by atoms with Crippen LogP contribution < -0.4 is 10.5 Å². The van der Waals surface area contributed by atoms with E-state index < -0.39 is 0 Å². The number of hydrogen-bond acceptors (Lipinski definition) is 3. The molecule has 0 aromatic heterocycles. The third-order valence-electron chi connectivity index (χ3n) is 2.95. The third-order valence-corrected chi connectivity index (χ3v) is 2.95. The zero-order valence-corrected chi connectivity index (χ0v) is 14.8. The van der Waals surface area contributed by atoms with Crippen LogP contribution in [0.3, 0.4) is 0 Å². The van der Waals surface area contributed by atoms with E-state index in [0.29, 0.717) is 13.2 Å². The van der Waals surface area contributed by atoms with E-state index in [1.807, 2.05) is 49.4 Å². The summed E-state index contributed by atoms with van der Waals surface area (Å²) in [6.07, 6.45) is 8.91. The first-order valence-corrected chi connectivity index (χ1v) is 8.10. The van der Waals surface area contributed by atoms with Gasteiger partial charge in [0.05, 0.1) is 13.2 Å². The highest BCUT2D eigenvalue weighted by Crippen LogP contribution is 2.11. The molecule has 24 heavy (non-hydrogen) atoms. The lowest BCUT2D eigenvalue weighted by Gasteiger charge is -2.04. The second-order valence-electron chi connectivity index (χ2n) is 4.93. The van der Waals surface area contributed by atoms with Crippen LogP contribution in [-0.4, -0.2) is 19.8 Å². The maximum atomic E-state index is 5.42. The molecule has 2 rings (SSSR count). The van der Waals surface area contributed by atoms with Crippen LogP contribution in [0.15, 0.2) is 54.6 Å². The molecule has 3 nitrogen and oxygen atoms in total. The van der Waals surface area contributed by atoms with Crippen LogP contribution in [0.5, 0.6) is 5.75 Å². The van der Waals surface area contributed by atoms with Crippen LogP contribution in [0.1, 0.15) is 24.5 Å². The van der Waals surface area contributed by atoms with Crippen molar-refractivity contribution in [1.29, 1.82) is 0 Å². The molecule has 0 unspecified atom stereocenters. The molecule has 3 heteroatoms. The third kappa shape index (κ3) is 11.3. The number of benzene rings is 2. The smallest absolute Gasteiger partial charge is 0.119 e. The summed E-state index contributed by atoms with van der Waals surface area (Å²) >= 11 is 0. The Morgan fingerprint density at radius 3 is 2.12 bits per heavy atom. The predicted molar refractivity (Wildman–Crippen MR) is 102 cm³/mol. The summed E-state index contributed by atoms with van der Waals surface area (Å²) in [5.41, 5.74) is 7.83. The predicted octanol–water partition coefficient (Wildman–Crippen LogP) is 4.20. The molecule has 0 radical (unpaired) electrons. The van der Waals surface area contributed by atoms with Gasteiger partial charge in [-0.05, 0) is 44.5 Å². The van der Waals surface area contributed by atoms with E-state index in [2.05, 4.69) is 31.9 Å². The lowest BCUT2D eigenvalue weighted by molar-refractivity contribution is 0.134. The quantitative estimate of drug-likeness (QED) is 0.612. The highest BCUT2D eigenvalue weighted by atomic mass is 16.5. The molecule has 0 aliphatic heterocycles. The Kier molecular flexibility index (Phi) is 14.1. The zero-order chi connectivity index (χ0) is 18.0. The number of nitrogens with two attached hydrogens (primary N) is 1. The summed E-state index contributed by atoms with van der Waals surface area (Å²) in [7, 11) is 0. The van der Waals surface area contributed by atoms with E-state index in [1.165, 1.54) is 11.1 Å². The summed E-state index contributed by atoms with van der Waals surface area (Å²) in [5, 5.41) is 0. The van der Waals surface area contributed by atoms with Gasteiger partial charge in [0.1, 0.15) is 5.75 Å². The van der Waals surface area contributed by atoms with Crippen LogP contribution in [0.25, 0.3) is 0 Å². The van der Waals surface area contributed by atoms with Gasteiger partial charge in [-0.2, -0.15) is 0 Å². The molecule has 130 valence electrons. The SMILES string of the molecule is C#C.CCOCc1ccccc1.Cc1ccc(OCCCN)cc1. The van der Waals surface area contributed by atoms with Crippen molar-refractivity contribution in [3.63, 3.8) is 0 Å². The van der Waals surface area contributed by atoms with Crippen molar-refractivity contribution in [3.05, 3.63) is 65.7 Å². The van der Waals surface area contributed by atoms with Gasteiger partial charge in [0.2, 0.25) is 0 Å². The van der Waals surface area contributed by atoms with Crippen molar-refractivity contribution in [2.24, 2.45) is 5.73 Å². The van der Waals surface area contributed by atoms with Crippen LogP contribution in [-0.2, 0) is 11.3 Å². The topological polar surface area (TPSA) is 44.5 Å². The Bertz CT molecular complexity index is 521. The molecule has 0 saturated carbocycles. The number of hydrogen-bond donors (Lipinski definition) is 1. The molecule has 0 amide bonds. The molecule has 2 aromatic carbocycles. The minimum Gasteiger partial charge on any atom is -0.494 e. The van der Waals surface area contributed by atoms with Crippen molar-refractivity contribution < 1.29 is 9.47 Å². The molecule has 0 saturated heterocycles. The lowest BCUT2D eigenvalue weighted by atomic mass is 10.2. The van der Waals surface area contributed by atoms with Gasteiger partial charge >= 0.3 is 0 Å². The van der Waals surface area contributed by atoms with Crippen molar-refractivity contribution in [3.8, 4) is 18.6 Å². The van der Waals surface area contributed by atoms with Crippen LogP contribution >= 0.6 is 0 Å². The average molecular weight is 327 g/mol. The Hall–Kier alpha value is -2.28. The van der Waals surface area contributed by atoms with Crippen molar-refractivity contribution in [2.45, 2.75) is 26.9 Å².